The third-order valence-corrected chi connectivity index (χ3v) is 3.54. The van der Waals surface area contributed by atoms with E-state index in [0.29, 0.717) is 17.1 Å². The SMILES string of the molecule is COc1cccc(NC(=O)CN(C(C)=O)c2ccc(F)c(Cl)c2)c1. The van der Waals surface area contributed by atoms with Crippen molar-refractivity contribution >= 4 is 34.8 Å². The highest BCUT2D eigenvalue weighted by atomic mass is 35.5. The van der Waals surface area contributed by atoms with Gasteiger partial charge >= 0.3 is 0 Å². The van der Waals surface area contributed by atoms with Crippen molar-refractivity contribution in [2.24, 2.45) is 0 Å². The summed E-state index contributed by atoms with van der Waals surface area (Å²) in [5.74, 6) is -0.761. The van der Waals surface area contributed by atoms with E-state index in [4.69, 9.17) is 16.3 Å². The van der Waals surface area contributed by atoms with Gasteiger partial charge in [-0.05, 0) is 30.3 Å². The van der Waals surface area contributed by atoms with E-state index < -0.39 is 11.7 Å². The van der Waals surface area contributed by atoms with E-state index in [1.807, 2.05) is 0 Å². The first kappa shape index (κ1) is 17.7. The van der Waals surface area contributed by atoms with E-state index in [-0.39, 0.29) is 17.5 Å². The van der Waals surface area contributed by atoms with Crippen molar-refractivity contribution in [2.75, 3.05) is 23.9 Å². The van der Waals surface area contributed by atoms with Crippen molar-refractivity contribution in [1.82, 2.24) is 0 Å². The molecule has 1 N–H and O–H groups in total. The number of methoxy groups -OCH3 is 1. The van der Waals surface area contributed by atoms with Gasteiger partial charge in [-0.2, -0.15) is 0 Å². The number of nitrogens with one attached hydrogen (secondary N) is 1. The van der Waals surface area contributed by atoms with E-state index in [2.05, 4.69) is 5.32 Å². The smallest absolute Gasteiger partial charge is 0.244 e. The first-order valence-corrected chi connectivity index (χ1v) is 7.45. The second-order valence-electron chi connectivity index (χ2n) is 4.98. The molecule has 0 heterocycles. The van der Waals surface area contributed by atoms with E-state index in [9.17, 15) is 14.0 Å². The van der Waals surface area contributed by atoms with E-state index in [1.54, 1.807) is 24.3 Å². The Balaban J connectivity index is 2.13. The van der Waals surface area contributed by atoms with Gasteiger partial charge in [0.1, 0.15) is 18.1 Å². The number of rotatable bonds is 5. The normalized spacial score (nSPS) is 10.2. The Morgan fingerprint density at radius 1 is 1.25 bits per heavy atom. The lowest BCUT2D eigenvalue weighted by atomic mass is 10.2. The summed E-state index contributed by atoms with van der Waals surface area (Å²) >= 11 is 5.73. The van der Waals surface area contributed by atoms with Crippen LogP contribution < -0.4 is 15.0 Å². The minimum Gasteiger partial charge on any atom is -0.497 e. The maximum Gasteiger partial charge on any atom is 0.244 e. The van der Waals surface area contributed by atoms with Crippen molar-refractivity contribution in [3.8, 4) is 5.75 Å². The maximum absolute atomic E-state index is 13.3. The number of halogens is 2. The monoisotopic (exact) mass is 350 g/mol. The van der Waals surface area contributed by atoms with E-state index in [1.165, 1.54) is 31.1 Å². The van der Waals surface area contributed by atoms with Gasteiger partial charge in [0.05, 0.1) is 12.1 Å². The predicted octanol–water partition coefficient (Wildman–Crippen LogP) is 3.48. The molecule has 0 bridgehead atoms. The van der Waals surface area contributed by atoms with Gasteiger partial charge in [0.25, 0.3) is 0 Å². The number of ether oxygens (including phenoxy) is 1. The maximum atomic E-state index is 13.3. The molecule has 126 valence electrons. The minimum absolute atomic E-state index is 0.119. The van der Waals surface area contributed by atoms with Crippen LogP contribution in [0.2, 0.25) is 5.02 Å². The fourth-order valence-electron chi connectivity index (χ4n) is 2.08. The number of carbonyl (C=O) groups is 2. The molecule has 0 aliphatic carbocycles. The lowest BCUT2D eigenvalue weighted by molar-refractivity contribution is -0.120. The van der Waals surface area contributed by atoms with Gasteiger partial charge < -0.3 is 15.0 Å². The Labute approximate surface area is 144 Å². The molecular formula is C17H16ClFN2O3. The second-order valence-corrected chi connectivity index (χ2v) is 5.39. The molecule has 0 aliphatic rings. The van der Waals surface area contributed by atoms with Gasteiger partial charge in [0, 0.05) is 24.4 Å². The number of benzene rings is 2. The van der Waals surface area contributed by atoms with Crippen LogP contribution in [0, 0.1) is 5.82 Å². The highest BCUT2D eigenvalue weighted by Crippen LogP contribution is 2.23. The van der Waals surface area contributed by atoms with Crippen molar-refractivity contribution in [3.05, 3.63) is 53.3 Å². The zero-order chi connectivity index (χ0) is 17.7. The Hall–Kier alpha value is -2.60. The number of hydrogen-bond acceptors (Lipinski definition) is 3. The molecule has 0 aliphatic heterocycles. The Kier molecular flexibility index (Phi) is 5.76. The van der Waals surface area contributed by atoms with Gasteiger partial charge in [-0.15, -0.1) is 0 Å². The van der Waals surface area contributed by atoms with Crippen LogP contribution in [0.15, 0.2) is 42.5 Å². The lowest BCUT2D eigenvalue weighted by Gasteiger charge is -2.21. The average Bonchev–Trinajstić information content (AvgIpc) is 2.55. The highest BCUT2D eigenvalue weighted by Gasteiger charge is 2.17. The summed E-state index contributed by atoms with van der Waals surface area (Å²) in [5.41, 5.74) is 0.884. The van der Waals surface area contributed by atoms with Crippen molar-refractivity contribution in [3.63, 3.8) is 0 Å². The van der Waals surface area contributed by atoms with Crippen LogP contribution in [0.4, 0.5) is 15.8 Å². The third kappa shape index (κ3) is 4.45. The largest absolute Gasteiger partial charge is 0.497 e. The summed E-state index contributed by atoms with van der Waals surface area (Å²) in [6, 6.07) is 10.7. The van der Waals surface area contributed by atoms with Crippen molar-refractivity contribution < 1.29 is 18.7 Å². The second kappa shape index (κ2) is 7.79. The molecule has 0 aromatic heterocycles. The molecule has 7 heteroatoms. The van der Waals surface area contributed by atoms with Crippen LogP contribution in [0.25, 0.3) is 0 Å². The van der Waals surface area contributed by atoms with Crippen LogP contribution in [-0.2, 0) is 9.59 Å². The number of anilines is 2. The molecule has 0 unspecified atom stereocenters. The average molecular weight is 351 g/mol. The molecule has 0 saturated heterocycles. The summed E-state index contributed by atoms with van der Waals surface area (Å²) in [6.45, 7) is 1.09. The van der Waals surface area contributed by atoms with Crippen LogP contribution in [-0.4, -0.2) is 25.5 Å². The van der Waals surface area contributed by atoms with Crippen molar-refractivity contribution in [1.29, 1.82) is 0 Å². The molecule has 5 nitrogen and oxygen atoms in total. The van der Waals surface area contributed by atoms with E-state index in [0.717, 1.165) is 6.07 Å². The molecule has 0 fully saturated rings. The fraction of sp³-hybridized carbons (Fsp3) is 0.176. The first-order chi connectivity index (χ1) is 11.4. The molecule has 0 spiro atoms. The molecule has 24 heavy (non-hydrogen) atoms. The standard InChI is InChI=1S/C17H16ClFN2O3/c1-11(22)21(13-6-7-16(19)15(18)9-13)10-17(23)20-12-4-3-5-14(8-12)24-2/h3-9H,10H2,1-2H3,(H,20,23). The van der Waals surface area contributed by atoms with Crippen LogP contribution in [0.5, 0.6) is 5.75 Å². The topological polar surface area (TPSA) is 58.6 Å². The summed E-state index contributed by atoms with van der Waals surface area (Å²) in [5, 5.41) is 2.56. The molecule has 0 radical (unpaired) electrons. The summed E-state index contributed by atoms with van der Waals surface area (Å²) in [6.07, 6.45) is 0. The van der Waals surface area contributed by atoms with Crippen LogP contribution in [0.3, 0.4) is 0 Å². The number of hydrogen-bond donors (Lipinski definition) is 1. The zero-order valence-electron chi connectivity index (χ0n) is 13.2. The molecule has 0 atom stereocenters. The van der Waals surface area contributed by atoms with Crippen LogP contribution >= 0.6 is 11.6 Å². The molecule has 2 aromatic carbocycles. The third-order valence-electron chi connectivity index (χ3n) is 3.25. The Morgan fingerprint density at radius 3 is 2.62 bits per heavy atom. The van der Waals surface area contributed by atoms with Gasteiger partial charge in [-0.1, -0.05) is 17.7 Å². The Bertz CT molecular complexity index is 767. The quantitative estimate of drug-likeness (QED) is 0.898. The first-order valence-electron chi connectivity index (χ1n) is 7.07. The molecular weight excluding hydrogens is 335 g/mol. The number of nitrogens with zero attached hydrogens (tertiary/aromatic N) is 1. The molecule has 2 rings (SSSR count). The van der Waals surface area contributed by atoms with Gasteiger partial charge in [-0.3, -0.25) is 9.59 Å². The minimum atomic E-state index is -0.593. The summed E-state index contributed by atoms with van der Waals surface area (Å²) in [4.78, 5) is 25.2. The van der Waals surface area contributed by atoms with Gasteiger partial charge in [0.15, 0.2) is 0 Å². The number of carbonyl (C=O) groups excluding carboxylic acids is 2. The van der Waals surface area contributed by atoms with Crippen LogP contribution in [0.1, 0.15) is 6.92 Å². The zero-order valence-corrected chi connectivity index (χ0v) is 13.9. The predicted molar refractivity (Wildman–Crippen MR) is 91.1 cm³/mol. The van der Waals surface area contributed by atoms with E-state index >= 15 is 0 Å². The fourth-order valence-corrected chi connectivity index (χ4v) is 2.26. The lowest BCUT2D eigenvalue weighted by Crippen LogP contribution is -2.36. The molecule has 2 aromatic rings. The Morgan fingerprint density at radius 2 is 2.00 bits per heavy atom. The summed E-state index contributed by atoms with van der Waals surface area (Å²) in [7, 11) is 1.52. The summed E-state index contributed by atoms with van der Waals surface area (Å²) < 4.78 is 18.3. The number of amides is 2. The molecule has 0 saturated carbocycles. The molecule has 2 amide bonds. The van der Waals surface area contributed by atoms with Crippen molar-refractivity contribution in [2.45, 2.75) is 6.92 Å². The van der Waals surface area contributed by atoms with Gasteiger partial charge in [-0.25, -0.2) is 4.39 Å². The highest BCUT2D eigenvalue weighted by molar-refractivity contribution is 6.31. The van der Waals surface area contributed by atoms with Gasteiger partial charge in [0.2, 0.25) is 11.8 Å².